The Labute approximate surface area is 116 Å². The monoisotopic (exact) mass is 283 g/mol. The Morgan fingerprint density at radius 1 is 1.55 bits per heavy atom. The molecule has 0 saturated carbocycles. The number of hydrogen-bond acceptors (Lipinski definition) is 6. The minimum atomic E-state index is -1.28. The number of pyridine rings is 1. The molecule has 1 heterocycles. The molecule has 0 fully saturated rings. The first-order valence-corrected chi connectivity index (χ1v) is 5.83. The largest absolute Gasteiger partial charge is 0.478 e. The van der Waals surface area contributed by atoms with Crippen molar-refractivity contribution in [2.24, 2.45) is 0 Å². The summed E-state index contributed by atoms with van der Waals surface area (Å²) in [6.45, 7) is 4.00. The van der Waals surface area contributed by atoms with Gasteiger partial charge in [0.15, 0.2) is 0 Å². The number of carbonyl (C=O) groups is 1. The number of nitro groups is 1. The first kappa shape index (κ1) is 15.8. The molecule has 0 aliphatic carbocycles. The number of nitrogens with zero attached hydrogens (tertiary/aromatic N) is 3. The number of ether oxygens (including phenoxy) is 1. The smallest absolute Gasteiger partial charge is 0.337 e. The fraction of sp³-hybridized carbons (Fsp3) is 0.500. The van der Waals surface area contributed by atoms with E-state index in [1.165, 1.54) is 0 Å². The van der Waals surface area contributed by atoms with Crippen LogP contribution in [-0.2, 0) is 0 Å². The van der Waals surface area contributed by atoms with Crippen molar-refractivity contribution in [3.8, 4) is 5.88 Å². The topological polar surface area (TPSA) is 106 Å². The van der Waals surface area contributed by atoms with Crippen molar-refractivity contribution in [3.05, 3.63) is 27.9 Å². The van der Waals surface area contributed by atoms with Crippen LogP contribution in [0.15, 0.2) is 12.3 Å². The fourth-order valence-electron chi connectivity index (χ4n) is 1.17. The zero-order valence-electron chi connectivity index (χ0n) is 11.8. The molecule has 0 aliphatic heterocycles. The average Bonchev–Trinajstić information content (AvgIpc) is 2.35. The van der Waals surface area contributed by atoms with Crippen LogP contribution >= 0.6 is 0 Å². The minimum absolute atomic E-state index is 0.181. The molecule has 1 aromatic rings. The second kappa shape index (κ2) is 5.83. The molecule has 1 aromatic heterocycles. The van der Waals surface area contributed by atoms with Crippen LogP contribution < -0.4 is 4.74 Å². The molecule has 110 valence electrons. The number of hydrogen-bond donors (Lipinski definition) is 1. The van der Waals surface area contributed by atoms with Crippen LogP contribution in [0.4, 0.5) is 5.69 Å². The van der Waals surface area contributed by atoms with Gasteiger partial charge in [-0.1, -0.05) is 0 Å². The lowest BCUT2D eigenvalue weighted by Gasteiger charge is -2.31. The van der Waals surface area contributed by atoms with Crippen LogP contribution in [0.3, 0.4) is 0 Å². The second-order valence-electron chi connectivity index (χ2n) is 5.11. The third kappa shape index (κ3) is 3.64. The summed E-state index contributed by atoms with van der Waals surface area (Å²) in [6.07, 6.45) is 1.04. The third-order valence-corrected chi connectivity index (χ3v) is 3.05. The van der Waals surface area contributed by atoms with Gasteiger partial charge in [0, 0.05) is 17.8 Å². The van der Waals surface area contributed by atoms with Crippen LogP contribution in [0.1, 0.15) is 24.2 Å². The Bertz CT molecular complexity index is 528. The molecule has 1 N–H and O–H groups in total. The highest BCUT2D eigenvalue weighted by Crippen LogP contribution is 2.26. The van der Waals surface area contributed by atoms with E-state index in [9.17, 15) is 14.9 Å². The summed E-state index contributed by atoms with van der Waals surface area (Å²) in [5.41, 5.74) is -1.06. The van der Waals surface area contributed by atoms with E-state index in [2.05, 4.69) is 4.98 Å². The zero-order chi connectivity index (χ0) is 15.5. The summed E-state index contributed by atoms with van der Waals surface area (Å²) in [5.74, 6) is -1.46. The summed E-state index contributed by atoms with van der Waals surface area (Å²) < 4.78 is 5.37. The van der Waals surface area contributed by atoms with Gasteiger partial charge in [0.25, 0.3) is 5.88 Å². The molecule has 0 radical (unpaired) electrons. The van der Waals surface area contributed by atoms with Gasteiger partial charge in [0.05, 0.1) is 10.5 Å². The molecular weight excluding hydrogens is 266 g/mol. The molecule has 0 atom stereocenters. The Morgan fingerprint density at radius 3 is 2.60 bits per heavy atom. The van der Waals surface area contributed by atoms with Gasteiger partial charge in [-0.15, -0.1) is 0 Å². The molecule has 0 aliphatic rings. The molecule has 8 nitrogen and oxygen atoms in total. The highest BCUT2D eigenvalue weighted by molar-refractivity contribution is 5.88. The van der Waals surface area contributed by atoms with Crippen LogP contribution in [0.5, 0.6) is 5.88 Å². The van der Waals surface area contributed by atoms with E-state index in [0.717, 1.165) is 12.3 Å². The molecule has 0 unspecified atom stereocenters. The highest BCUT2D eigenvalue weighted by atomic mass is 16.6. The van der Waals surface area contributed by atoms with E-state index in [-0.39, 0.29) is 23.6 Å². The van der Waals surface area contributed by atoms with Gasteiger partial charge in [-0.25, -0.2) is 9.78 Å². The molecule has 0 spiro atoms. The van der Waals surface area contributed by atoms with Crippen molar-refractivity contribution < 1.29 is 19.6 Å². The molecule has 1 rings (SSSR count). The second-order valence-corrected chi connectivity index (χ2v) is 5.11. The summed E-state index contributed by atoms with van der Waals surface area (Å²) in [7, 11) is 3.72. The van der Waals surface area contributed by atoms with E-state index in [4.69, 9.17) is 9.84 Å². The van der Waals surface area contributed by atoms with E-state index in [1.54, 1.807) is 0 Å². The summed E-state index contributed by atoms with van der Waals surface area (Å²) in [5, 5.41) is 19.7. The Kier molecular flexibility index (Phi) is 4.61. The maximum atomic E-state index is 10.9. The van der Waals surface area contributed by atoms with Crippen molar-refractivity contribution in [1.82, 2.24) is 9.88 Å². The predicted octanol–water partition coefficient (Wildman–Crippen LogP) is 1.41. The number of aromatic carboxylic acids is 1. The fourth-order valence-corrected chi connectivity index (χ4v) is 1.17. The molecule has 8 heteroatoms. The lowest BCUT2D eigenvalue weighted by Crippen LogP contribution is -2.43. The van der Waals surface area contributed by atoms with E-state index >= 15 is 0 Å². The van der Waals surface area contributed by atoms with Gasteiger partial charge in [-0.05, 0) is 27.9 Å². The molecule has 0 amide bonds. The Morgan fingerprint density at radius 2 is 2.15 bits per heavy atom. The average molecular weight is 283 g/mol. The lowest BCUT2D eigenvalue weighted by atomic mass is 10.1. The maximum absolute atomic E-state index is 10.9. The van der Waals surface area contributed by atoms with E-state index in [0.29, 0.717) is 0 Å². The lowest BCUT2D eigenvalue weighted by molar-refractivity contribution is -0.386. The SMILES string of the molecule is CN(C)C(C)(C)COc1ncc(C(=O)O)cc1[N+](=O)[O-]. The Balaban J connectivity index is 3.01. The summed E-state index contributed by atoms with van der Waals surface area (Å²) >= 11 is 0. The van der Waals surface area contributed by atoms with Crippen LogP contribution in [-0.4, -0.2) is 52.1 Å². The zero-order valence-corrected chi connectivity index (χ0v) is 11.8. The number of aromatic nitrogens is 1. The number of likely N-dealkylation sites (N-methyl/N-ethyl adjacent to an activating group) is 1. The van der Waals surface area contributed by atoms with Gasteiger partial charge in [0.2, 0.25) is 0 Å². The summed E-state index contributed by atoms with van der Waals surface area (Å²) in [6, 6.07) is 0.938. The van der Waals surface area contributed by atoms with Crippen LogP contribution in [0.25, 0.3) is 0 Å². The number of carboxylic acids is 1. The van der Waals surface area contributed by atoms with Gasteiger partial charge >= 0.3 is 11.7 Å². The van der Waals surface area contributed by atoms with E-state index in [1.807, 2.05) is 32.8 Å². The van der Waals surface area contributed by atoms with E-state index < -0.39 is 16.6 Å². The summed E-state index contributed by atoms with van der Waals surface area (Å²) in [4.78, 5) is 26.6. The van der Waals surface area contributed by atoms with Crippen molar-refractivity contribution in [2.75, 3.05) is 20.7 Å². The molecule has 0 aromatic carbocycles. The molecular formula is C12H17N3O5. The van der Waals surface area contributed by atoms with Gasteiger partial charge in [0.1, 0.15) is 6.61 Å². The van der Waals surface area contributed by atoms with Crippen molar-refractivity contribution in [3.63, 3.8) is 0 Å². The van der Waals surface area contributed by atoms with Crippen molar-refractivity contribution in [1.29, 1.82) is 0 Å². The minimum Gasteiger partial charge on any atom is -0.478 e. The van der Waals surface area contributed by atoms with Gasteiger partial charge in [-0.3, -0.25) is 10.1 Å². The molecule has 20 heavy (non-hydrogen) atoms. The predicted molar refractivity (Wildman–Crippen MR) is 71.1 cm³/mol. The first-order chi connectivity index (χ1) is 9.15. The number of rotatable bonds is 6. The molecule has 0 saturated heterocycles. The van der Waals surface area contributed by atoms with Crippen LogP contribution in [0, 0.1) is 10.1 Å². The van der Waals surface area contributed by atoms with Gasteiger partial charge in [-0.2, -0.15) is 0 Å². The van der Waals surface area contributed by atoms with Gasteiger partial charge < -0.3 is 14.7 Å². The van der Waals surface area contributed by atoms with Crippen LogP contribution in [0.2, 0.25) is 0 Å². The standard InChI is InChI=1S/C12H17N3O5/c1-12(2,14(3)4)7-20-10-9(15(18)19)5-8(6-13-10)11(16)17/h5-6H,7H2,1-4H3,(H,16,17). The highest BCUT2D eigenvalue weighted by Gasteiger charge is 2.25. The maximum Gasteiger partial charge on any atom is 0.337 e. The Hall–Kier alpha value is -2.22. The quantitative estimate of drug-likeness (QED) is 0.621. The first-order valence-electron chi connectivity index (χ1n) is 5.83. The van der Waals surface area contributed by atoms with Crippen molar-refractivity contribution in [2.45, 2.75) is 19.4 Å². The number of carboxylic acid groups (broad SMARTS) is 1. The third-order valence-electron chi connectivity index (χ3n) is 3.05. The normalized spacial score (nSPS) is 11.4. The van der Waals surface area contributed by atoms with Crippen molar-refractivity contribution >= 4 is 11.7 Å². The molecule has 0 bridgehead atoms.